The Balaban J connectivity index is 2.85. The number of carbonyl (C=O) groups is 1. The van der Waals surface area contributed by atoms with Gasteiger partial charge in [-0.3, -0.25) is 10.1 Å². The van der Waals surface area contributed by atoms with Gasteiger partial charge in [0.15, 0.2) is 9.84 Å². The minimum Gasteiger partial charge on any atom is -0.324 e. The highest BCUT2D eigenvalue weighted by atomic mass is 32.2. The first kappa shape index (κ1) is 15.2. The van der Waals surface area contributed by atoms with Crippen molar-refractivity contribution < 1.29 is 13.2 Å². The van der Waals surface area contributed by atoms with Crippen molar-refractivity contribution in [2.75, 3.05) is 24.2 Å². The van der Waals surface area contributed by atoms with Gasteiger partial charge >= 0.3 is 0 Å². The predicted molar refractivity (Wildman–Crippen MR) is 74.5 cm³/mol. The van der Waals surface area contributed by atoms with E-state index < -0.39 is 9.84 Å². The summed E-state index contributed by atoms with van der Waals surface area (Å²) in [6, 6.07) is 6.32. The smallest absolute Gasteiger partial charge is 0.238 e. The number of sulfone groups is 1. The normalized spacial score (nSPS) is 10.7. The number of hydrogen-bond donors (Lipinski definition) is 2. The first-order valence-electron chi connectivity index (χ1n) is 5.77. The molecular formula is C13H16N2O3S. The molecule has 0 aliphatic carbocycles. The van der Waals surface area contributed by atoms with Crippen molar-refractivity contribution in [3.63, 3.8) is 0 Å². The molecule has 0 radical (unpaired) electrons. The first-order chi connectivity index (χ1) is 9.01. The van der Waals surface area contributed by atoms with Crippen molar-refractivity contribution >= 4 is 21.4 Å². The number of nitrogens with one attached hydrogen (secondary N) is 2. The molecule has 0 aromatic heterocycles. The minimum atomic E-state index is -3.37. The number of benzene rings is 1. The topological polar surface area (TPSA) is 75.3 Å². The second-order valence-corrected chi connectivity index (χ2v) is 6.00. The van der Waals surface area contributed by atoms with Crippen molar-refractivity contribution in [2.45, 2.75) is 11.8 Å². The summed E-state index contributed by atoms with van der Waals surface area (Å²) >= 11 is 0. The van der Waals surface area contributed by atoms with Crippen LogP contribution in [0.25, 0.3) is 0 Å². The third kappa shape index (κ3) is 4.39. The third-order valence-electron chi connectivity index (χ3n) is 2.39. The van der Waals surface area contributed by atoms with Crippen molar-refractivity contribution in [1.82, 2.24) is 5.32 Å². The van der Waals surface area contributed by atoms with E-state index in [-0.39, 0.29) is 35.3 Å². The van der Waals surface area contributed by atoms with E-state index in [2.05, 4.69) is 16.6 Å². The average Bonchev–Trinajstić information content (AvgIpc) is 2.39. The molecule has 19 heavy (non-hydrogen) atoms. The van der Waals surface area contributed by atoms with Crippen LogP contribution in [-0.2, 0) is 14.6 Å². The molecule has 0 fully saturated rings. The monoisotopic (exact) mass is 280 g/mol. The number of amides is 1. The van der Waals surface area contributed by atoms with Crippen LogP contribution in [0.4, 0.5) is 5.69 Å². The van der Waals surface area contributed by atoms with Gasteiger partial charge in [0.25, 0.3) is 0 Å². The van der Waals surface area contributed by atoms with Crippen LogP contribution < -0.4 is 10.6 Å². The van der Waals surface area contributed by atoms with Gasteiger partial charge < -0.3 is 5.32 Å². The molecule has 5 nitrogen and oxygen atoms in total. The standard InChI is InChI=1S/C13H16N2O3S/c1-3-9-14-10-13(16)15-11-7-5-6-8-12(11)19(17,18)4-2/h1,5-8,14H,4,9-10H2,2H3,(H,15,16). The molecule has 1 aromatic carbocycles. The van der Waals surface area contributed by atoms with Gasteiger partial charge in [0, 0.05) is 0 Å². The lowest BCUT2D eigenvalue weighted by Gasteiger charge is -2.10. The van der Waals surface area contributed by atoms with E-state index in [1.165, 1.54) is 6.07 Å². The van der Waals surface area contributed by atoms with Gasteiger partial charge in [0.2, 0.25) is 5.91 Å². The molecule has 0 bridgehead atoms. The van der Waals surface area contributed by atoms with E-state index in [0.717, 1.165) is 0 Å². The highest BCUT2D eigenvalue weighted by Crippen LogP contribution is 2.21. The Morgan fingerprint density at radius 2 is 2.05 bits per heavy atom. The fraction of sp³-hybridized carbons (Fsp3) is 0.308. The van der Waals surface area contributed by atoms with Crippen LogP contribution in [0.1, 0.15) is 6.92 Å². The molecule has 0 aliphatic rings. The SMILES string of the molecule is C#CCNCC(=O)Nc1ccccc1S(=O)(=O)CC. The Hall–Kier alpha value is -1.84. The summed E-state index contributed by atoms with van der Waals surface area (Å²) in [7, 11) is -3.37. The van der Waals surface area contributed by atoms with Gasteiger partial charge in [-0.2, -0.15) is 0 Å². The molecule has 0 unspecified atom stereocenters. The fourth-order valence-corrected chi connectivity index (χ4v) is 2.49. The molecule has 0 spiro atoms. The maximum Gasteiger partial charge on any atom is 0.238 e. The summed E-state index contributed by atoms with van der Waals surface area (Å²) in [5.74, 6) is 1.99. The van der Waals surface area contributed by atoms with Gasteiger partial charge in [-0.25, -0.2) is 8.42 Å². The van der Waals surface area contributed by atoms with Crippen molar-refractivity contribution in [1.29, 1.82) is 0 Å². The average molecular weight is 280 g/mol. The van der Waals surface area contributed by atoms with Crippen LogP contribution >= 0.6 is 0 Å². The third-order valence-corrected chi connectivity index (χ3v) is 4.18. The molecule has 0 aliphatic heterocycles. The molecule has 0 heterocycles. The zero-order valence-corrected chi connectivity index (χ0v) is 11.5. The zero-order chi connectivity index (χ0) is 14.3. The van der Waals surface area contributed by atoms with Gasteiger partial charge in [-0.05, 0) is 12.1 Å². The Morgan fingerprint density at radius 3 is 2.68 bits per heavy atom. The summed E-state index contributed by atoms with van der Waals surface area (Å²) < 4.78 is 23.7. The highest BCUT2D eigenvalue weighted by Gasteiger charge is 2.17. The van der Waals surface area contributed by atoms with Crippen LogP contribution in [0.2, 0.25) is 0 Å². The Labute approximate surface area is 113 Å². The lowest BCUT2D eigenvalue weighted by atomic mass is 10.3. The number of rotatable bonds is 6. The summed E-state index contributed by atoms with van der Waals surface area (Å²) in [6.45, 7) is 1.87. The summed E-state index contributed by atoms with van der Waals surface area (Å²) in [6.07, 6.45) is 5.04. The first-order valence-corrected chi connectivity index (χ1v) is 7.42. The molecule has 102 valence electrons. The largest absolute Gasteiger partial charge is 0.324 e. The van der Waals surface area contributed by atoms with Crippen LogP contribution in [0, 0.1) is 12.3 Å². The molecule has 6 heteroatoms. The maximum absolute atomic E-state index is 11.9. The molecule has 0 saturated carbocycles. The van der Waals surface area contributed by atoms with E-state index in [0.29, 0.717) is 0 Å². The Bertz CT molecular complexity index is 588. The number of anilines is 1. The summed E-state index contributed by atoms with van der Waals surface area (Å²) in [5.41, 5.74) is 0.289. The van der Waals surface area contributed by atoms with E-state index in [1.54, 1.807) is 25.1 Å². The van der Waals surface area contributed by atoms with Gasteiger partial charge in [0.05, 0.1) is 29.4 Å². The Morgan fingerprint density at radius 1 is 1.37 bits per heavy atom. The molecule has 0 saturated heterocycles. The quantitative estimate of drug-likeness (QED) is 0.592. The number of terminal acetylenes is 1. The molecule has 0 atom stereocenters. The Kier molecular flexibility index (Phi) is 5.55. The molecule has 1 amide bonds. The van der Waals surface area contributed by atoms with E-state index in [4.69, 9.17) is 6.42 Å². The maximum atomic E-state index is 11.9. The van der Waals surface area contributed by atoms with Crippen molar-refractivity contribution in [2.24, 2.45) is 0 Å². The number of para-hydroxylation sites is 1. The second kappa shape index (κ2) is 6.92. The fourth-order valence-electron chi connectivity index (χ4n) is 1.44. The zero-order valence-electron chi connectivity index (χ0n) is 10.6. The minimum absolute atomic E-state index is 0.0186. The van der Waals surface area contributed by atoms with Gasteiger partial charge in [-0.1, -0.05) is 25.0 Å². The molecule has 1 rings (SSSR count). The van der Waals surface area contributed by atoms with Gasteiger partial charge in [-0.15, -0.1) is 6.42 Å². The predicted octanol–water partition coefficient (Wildman–Crippen LogP) is 0.641. The van der Waals surface area contributed by atoms with E-state index in [1.807, 2.05) is 0 Å². The van der Waals surface area contributed by atoms with Gasteiger partial charge in [0.1, 0.15) is 0 Å². The molecular weight excluding hydrogens is 264 g/mol. The summed E-state index contributed by atoms with van der Waals surface area (Å²) in [5, 5.41) is 5.29. The molecule has 1 aromatic rings. The lowest BCUT2D eigenvalue weighted by Crippen LogP contribution is -2.28. The van der Waals surface area contributed by atoms with Crippen molar-refractivity contribution in [3.05, 3.63) is 24.3 Å². The highest BCUT2D eigenvalue weighted by molar-refractivity contribution is 7.91. The van der Waals surface area contributed by atoms with E-state index >= 15 is 0 Å². The summed E-state index contributed by atoms with van der Waals surface area (Å²) in [4.78, 5) is 11.7. The van der Waals surface area contributed by atoms with Crippen LogP contribution in [0.3, 0.4) is 0 Å². The van der Waals surface area contributed by atoms with Crippen LogP contribution in [0.15, 0.2) is 29.2 Å². The second-order valence-electron chi connectivity index (χ2n) is 3.76. The number of hydrogen-bond acceptors (Lipinski definition) is 4. The van der Waals surface area contributed by atoms with Crippen LogP contribution in [-0.4, -0.2) is 33.2 Å². The lowest BCUT2D eigenvalue weighted by molar-refractivity contribution is -0.115. The van der Waals surface area contributed by atoms with Crippen LogP contribution in [0.5, 0.6) is 0 Å². The van der Waals surface area contributed by atoms with Crippen molar-refractivity contribution in [3.8, 4) is 12.3 Å². The molecule has 2 N–H and O–H groups in total. The van der Waals surface area contributed by atoms with E-state index in [9.17, 15) is 13.2 Å². The number of carbonyl (C=O) groups excluding carboxylic acids is 1.